The van der Waals surface area contributed by atoms with Crippen LogP contribution in [0.15, 0.2) is 24.8 Å². The number of carbonyl (C=O) groups excluding carboxylic acids is 1. The van der Waals surface area contributed by atoms with Crippen molar-refractivity contribution in [2.75, 3.05) is 19.0 Å². The number of ether oxygens (including phenoxy) is 2. The lowest BCUT2D eigenvalue weighted by molar-refractivity contribution is -0.119. The van der Waals surface area contributed by atoms with Crippen molar-refractivity contribution in [3.05, 3.63) is 35.4 Å². The topological polar surface area (TPSA) is 117 Å². The Morgan fingerprint density at radius 2 is 2.33 bits per heavy atom. The first kappa shape index (κ1) is 17.5. The number of carbonyl (C=O) groups is 1. The van der Waals surface area contributed by atoms with E-state index in [1.54, 1.807) is 22.9 Å². The number of amides is 1. The van der Waals surface area contributed by atoms with E-state index in [0.717, 1.165) is 5.56 Å². The third-order valence-corrected chi connectivity index (χ3v) is 3.21. The molecule has 0 saturated carbocycles. The maximum atomic E-state index is 10.8. The Labute approximate surface area is 143 Å². The lowest BCUT2D eigenvalue weighted by atomic mass is 10.2. The third kappa shape index (κ3) is 4.35. The van der Waals surface area contributed by atoms with Gasteiger partial charge in [-0.3, -0.25) is 4.79 Å². The molecule has 1 amide bonds. The molecule has 0 aliphatic heterocycles. The minimum absolute atomic E-state index is 0.262. The van der Waals surface area contributed by atoms with Crippen LogP contribution in [0.25, 0.3) is 0 Å². The van der Waals surface area contributed by atoms with Crippen molar-refractivity contribution in [3.8, 4) is 11.5 Å². The summed E-state index contributed by atoms with van der Waals surface area (Å²) >= 11 is 6.19. The van der Waals surface area contributed by atoms with Gasteiger partial charge in [-0.15, -0.1) is 6.58 Å². The molecule has 0 fully saturated rings. The normalized spacial score (nSPS) is 10.2. The predicted molar refractivity (Wildman–Crippen MR) is 88.0 cm³/mol. The number of nitrogens with two attached hydrogens (primary N) is 1. The monoisotopic (exact) mass is 352 g/mol. The first-order valence-corrected chi connectivity index (χ1v) is 7.31. The largest absolute Gasteiger partial charge is 0.493 e. The zero-order chi connectivity index (χ0) is 17.5. The smallest absolute Gasteiger partial charge is 0.255 e. The number of halogens is 1. The maximum Gasteiger partial charge on any atom is 0.255 e. The molecule has 2 rings (SSSR count). The standard InChI is InChI=1S/C14H17ClN6O3/c1-3-4-21-14(18-19-20-21)17-7-9-5-10(15)13(11(6-9)23-2)24-8-12(16)22/h3,5-6H,1,4,7-8H2,2H3,(H2,16,22)(H,17,18,20). The van der Waals surface area contributed by atoms with Crippen molar-refractivity contribution in [2.45, 2.75) is 13.1 Å². The molecule has 0 bridgehead atoms. The van der Waals surface area contributed by atoms with Crippen molar-refractivity contribution in [2.24, 2.45) is 5.73 Å². The quantitative estimate of drug-likeness (QED) is 0.646. The molecule has 10 heteroatoms. The average Bonchev–Trinajstić information content (AvgIpc) is 2.98. The van der Waals surface area contributed by atoms with E-state index in [1.165, 1.54) is 7.11 Å². The van der Waals surface area contributed by atoms with Gasteiger partial charge in [-0.05, 0) is 28.1 Å². The highest BCUT2D eigenvalue weighted by molar-refractivity contribution is 6.32. The lowest BCUT2D eigenvalue weighted by Gasteiger charge is -2.13. The van der Waals surface area contributed by atoms with Gasteiger partial charge in [0.1, 0.15) is 0 Å². The molecule has 1 heterocycles. The average molecular weight is 353 g/mol. The molecule has 0 spiro atoms. The fraction of sp³-hybridized carbons (Fsp3) is 0.286. The minimum Gasteiger partial charge on any atom is -0.493 e. The number of rotatable bonds is 9. The highest BCUT2D eigenvalue weighted by Crippen LogP contribution is 2.36. The lowest BCUT2D eigenvalue weighted by Crippen LogP contribution is -2.20. The molecule has 24 heavy (non-hydrogen) atoms. The summed E-state index contributed by atoms with van der Waals surface area (Å²) < 4.78 is 12.1. The number of primary amides is 1. The Kier molecular flexibility index (Phi) is 5.96. The molecular formula is C14H17ClN6O3. The Morgan fingerprint density at radius 3 is 3.00 bits per heavy atom. The van der Waals surface area contributed by atoms with Crippen LogP contribution in [0.4, 0.5) is 5.95 Å². The number of benzene rings is 1. The molecule has 0 aliphatic rings. The van der Waals surface area contributed by atoms with Gasteiger partial charge in [0.15, 0.2) is 18.1 Å². The van der Waals surface area contributed by atoms with Gasteiger partial charge in [-0.25, -0.2) is 4.68 Å². The van der Waals surface area contributed by atoms with Crippen LogP contribution < -0.4 is 20.5 Å². The van der Waals surface area contributed by atoms with Crippen LogP contribution >= 0.6 is 11.6 Å². The molecule has 2 aromatic rings. The van der Waals surface area contributed by atoms with Gasteiger partial charge in [0.05, 0.1) is 18.7 Å². The van der Waals surface area contributed by atoms with E-state index in [2.05, 4.69) is 27.4 Å². The predicted octanol–water partition coefficient (Wildman–Crippen LogP) is 0.997. The molecule has 128 valence electrons. The second kappa shape index (κ2) is 8.16. The van der Waals surface area contributed by atoms with Gasteiger partial charge in [0.2, 0.25) is 5.95 Å². The molecule has 1 aromatic heterocycles. The van der Waals surface area contributed by atoms with Gasteiger partial charge in [-0.2, -0.15) is 0 Å². The van der Waals surface area contributed by atoms with E-state index in [1.807, 2.05) is 0 Å². The summed E-state index contributed by atoms with van der Waals surface area (Å²) in [6.45, 7) is 4.25. The number of methoxy groups -OCH3 is 1. The second-order valence-corrected chi connectivity index (χ2v) is 5.10. The minimum atomic E-state index is -0.604. The van der Waals surface area contributed by atoms with E-state index in [9.17, 15) is 4.79 Å². The SMILES string of the molecule is C=CCn1nnnc1NCc1cc(Cl)c(OCC(N)=O)c(OC)c1. The highest BCUT2D eigenvalue weighted by Gasteiger charge is 2.14. The first-order chi connectivity index (χ1) is 11.5. The Hall–Kier alpha value is -2.81. The van der Waals surface area contributed by atoms with Crippen LogP contribution in [0.1, 0.15) is 5.56 Å². The summed E-state index contributed by atoms with van der Waals surface area (Å²) in [7, 11) is 1.48. The molecule has 0 saturated heterocycles. The fourth-order valence-electron chi connectivity index (χ4n) is 1.92. The van der Waals surface area contributed by atoms with Gasteiger partial charge < -0.3 is 20.5 Å². The number of nitrogens with one attached hydrogen (secondary N) is 1. The summed E-state index contributed by atoms with van der Waals surface area (Å²) in [6, 6.07) is 3.42. The zero-order valence-corrected chi connectivity index (χ0v) is 13.8. The number of aromatic nitrogens is 4. The van der Waals surface area contributed by atoms with E-state index in [0.29, 0.717) is 29.8 Å². The summed E-state index contributed by atoms with van der Waals surface area (Å²) in [6.07, 6.45) is 1.69. The molecule has 0 radical (unpaired) electrons. The Morgan fingerprint density at radius 1 is 1.54 bits per heavy atom. The number of tetrazole rings is 1. The molecule has 0 unspecified atom stereocenters. The summed E-state index contributed by atoms with van der Waals surface area (Å²) in [5.74, 6) is 0.552. The third-order valence-electron chi connectivity index (χ3n) is 2.93. The number of anilines is 1. The Balaban J connectivity index is 2.13. The Bertz CT molecular complexity index is 733. The van der Waals surface area contributed by atoms with Crippen molar-refractivity contribution in [3.63, 3.8) is 0 Å². The van der Waals surface area contributed by atoms with Crippen LogP contribution in [-0.4, -0.2) is 39.8 Å². The maximum absolute atomic E-state index is 10.8. The van der Waals surface area contributed by atoms with Gasteiger partial charge in [0, 0.05) is 6.54 Å². The van der Waals surface area contributed by atoms with Crippen LogP contribution in [0.2, 0.25) is 5.02 Å². The van der Waals surface area contributed by atoms with Crippen LogP contribution in [0.5, 0.6) is 11.5 Å². The molecule has 0 atom stereocenters. The molecule has 9 nitrogen and oxygen atoms in total. The van der Waals surface area contributed by atoms with Gasteiger partial charge >= 0.3 is 0 Å². The second-order valence-electron chi connectivity index (χ2n) is 4.69. The van der Waals surface area contributed by atoms with E-state index >= 15 is 0 Å². The number of allylic oxidation sites excluding steroid dienone is 1. The van der Waals surface area contributed by atoms with E-state index < -0.39 is 5.91 Å². The molecule has 0 aliphatic carbocycles. The van der Waals surface area contributed by atoms with Crippen molar-refractivity contribution >= 4 is 23.5 Å². The number of hydrogen-bond donors (Lipinski definition) is 2. The summed E-state index contributed by atoms with van der Waals surface area (Å²) in [4.78, 5) is 10.8. The van der Waals surface area contributed by atoms with E-state index in [4.69, 9.17) is 26.8 Å². The molecule has 3 N–H and O–H groups in total. The van der Waals surface area contributed by atoms with Crippen molar-refractivity contribution < 1.29 is 14.3 Å². The summed E-state index contributed by atoms with van der Waals surface area (Å²) in [5, 5.41) is 14.7. The molecular weight excluding hydrogens is 336 g/mol. The van der Waals surface area contributed by atoms with Gasteiger partial charge in [0.25, 0.3) is 5.91 Å². The number of nitrogens with zero attached hydrogens (tertiary/aromatic N) is 4. The van der Waals surface area contributed by atoms with Crippen molar-refractivity contribution in [1.82, 2.24) is 20.2 Å². The van der Waals surface area contributed by atoms with Crippen molar-refractivity contribution in [1.29, 1.82) is 0 Å². The summed E-state index contributed by atoms with van der Waals surface area (Å²) in [5.41, 5.74) is 5.88. The highest BCUT2D eigenvalue weighted by atomic mass is 35.5. The van der Waals surface area contributed by atoms with E-state index in [-0.39, 0.29) is 12.4 Å². The van der Waals surface area contributed by atoms with Gasteiger partial charge in [-0.1, -0.05) is 22.8 Å². The van der Waals surface area contributed by atoms with Crippen LogP contribution in [0, 0.1) is 0 Å². The number of hydrogen-bond acceptors (Lipinski definition) is 7. The fourth-order valence-corrected chi connectivity index (χ4v) is 2.20. The first-order valence-electron chi connectivity index (χ1n) is 6.93. The molecule has 1 aromatic carbocycles. The van der Waals surface area contributed by atoms with Crippen LogP contribution in [-0.2, 0) is 17.9 Å². The zero-order valence-electron chi connectivity index (χ0n) is 13.0. The van der Waals surface area contributed by atoms with Crippen LogP contribution in [0.3, 0.4) is 0 Å².